The summed E-state index contributed by atoms with van der Waals surface area (Å²) in [6, 6.07) is 10.1. The van der Waals surface area contributed by atoms with Crippen molar-refractivity contribution in [3.05, 3.63) is 63.4 Å². The summed E-state index contributed by atoms with van der Waals surface area (Å²) in [5.41, 5.74) is 9.25. The van der Waals surface area contributed by atoms with E-state index in [0.717, 1.165) is 16.8 Å². The van der Waals surface area contributed by atoms with Crippen molar-refractivity contribution in [3.8, 4) is 0 Å². The topological polar surface area (TPSA) is 46.3 Å². The summed E-state index contributed by atoms with van der Waals surface area (Å²) in [7, 11) is 1.75. The molecule has 0 radical (unpaired) electrons. The molecule has 2 N–H and O–H groups in total. The van der Waals surface area contributed by atoms with E-state index in [4.69, 9.17) is 5.73 Å². The van der Waals surface area contributed by atoms with Crippen molar-refractivity contribution in [3.63, 3.8) is 0 Å². The Bertz CT molecular complexity index is 732. The molecule has 3 nitrogen and oxygen atoms in total. The van der Waals surface area contributed by atoms with Gasteiger partial charge in [-0.1, -0.05) is 24.3 Å². The number of amides is 1. The number of carbonyl (C=O) groups is 1. The van der Waals surface area contributed by atoms with Crippen molar-refractivity contribution < 1.29 is 9.18 Å². The van der Waals surface area contributed by atoms with Crippen LogP contribution >= 0.6 is 15.9 Å². The van der Waals surface area contributed by atoms with Crippen LogP contribution in [0.1, 0.15) is 22.7 Å². The summed E-state index contributed by atoms with van der Waals surface area (Å²) in [6.07, 6.45) is 0.368. The third-order valence-electron chi connectivity index (χ3n) is 3.86. The van der Waals surface area contributed by atoms with Crippen molar-refractivity contribution in [2.75, 3.05) is 11.9 Å². The van der Waals surface area contributed by atoms with Crippen molar-refractivity contribution in [2.45, 2.75) is 12.5 Å². The third-order valence-corrected chi connectivity index (χ3v) is 4.47. The van der Waals surface area contributed by atoms with Gasteiger partial charge in [-0.25, -0.2) is 4.39 Å². The Kier molecular flexibility index (Phi) is 3.55. The third kappa shape index (κ3) is 2.36. The average molecular weight is 349 g/mol. The predicted octanol–water partition coefficient (Wildman–Crippen LogP) is 3.16. The van der Waals surface area contributed by atoms with Gasteiger partial charge >= 0.3 is 0 Å². The number of carbonyl (C=O) groups excluding carboxylic acids is 1. The quantitative estimate of drug-likeness (QED) is 0.905. The maximum atomic E-state index is 14.1. The van der Waals surface area contributed by atoms with Gasteiger partial charge in [0.2, 0.25) is 5.91 Å². The first-order valence-electron chi connectivity index (χ1n) is 6.58. The minimum absolute atomic E-state index is 0.0596. The van der Waals surface area contributed by atoms with Crippen LogP contribution in [0.4, 0.5) is 10.1 Å². The Morgan fingerprint density at radius 2 is 2.10 bits per heavy atom. The molecule has 0 saturated carbocycles. The molecule has 0 fully saturated rings. The van der Waals surface area contributed by atoms with Crippen LogP contribution in [-0.4, -0.2) is 13.0 Å². The molecule has 1 aliphatic heterocycles. The lowest BCUT2D eigenvalue weighted by Gasteiger charge is -2.16. The van der Waals surface area contributed by atoms with Crippen LogP contribution < -0.4 is 10.6 Å². The van der Waals surface area contributed by atoms with E-state index in [1.165, 1.54) is 0 Å². The number of anilines is 1. The summed E-state index contributed by atoms with van der Waals surface area (Å²) in [4.78, 5) is 13.3. The highest BCUT2D eigenvalue weighted by molar-refractivity contribution is 9.10. The minimum Gasteiger partial charge on any atom is -0.320 e. The van der Waals surface area contributed by atoms with Crippen LogP contribution in [0.25, 0.3) is 0 Å². The second-order valence-corrected chi connectivity index (χ2v) is 5.99. The lowest BCUT2D eigenvalue weighted by atomic mass is 9.97. The molecule has 5 heteroatoms. The molecule has 1 heterocycles. The van der Waals surface area contributed by atoms with Gasteiger partial charge in [0, 0.05) is 18.3 Å². The molecule has 0 spiro atoms. The molecule has 3 rings (SSSR count). The SMILES string of the molecule is CN1C(=O)Cc2cc(C(N)c3cccc(Br)c3F)ccc21. The normalized spacial score (nSPS) is 15.2. The molecule has 1 aliphatic rings. The molecule has 0 aliphatic carbocycles. The lowest BCUT2D eigenvalue weighted by Crippen LogP contribution is -2.20. The molecule has 21 heavy (non-hydrogen) atoms. The van der Waals surface area contributed by atoms with Gasteiger partial charge in [0.05, 0.1) is 16.9 Å². The van der Waals surface area contributed by atoms with Gasteiger partial charge in [0.1, 0.15) is 5.82 Å². The summed E-state index contributed by atoms with van der Waals surface area (Å²) >= 11 is 3.17. The van der Waals surface area contributed by atoms with Crippen molar-refractivity contribution in [1.29, 1.82) is 0 Å². The largest absolute Gasteiger partial charge is 0.320 e. The van der Waals surface area contributed by atoms with Gasteiger partial charge in [-0.15, -0.1) is 0 Å². The van der Waals surface area contributed by atoms with Crippen molar-refractivity contribution in [2.24, 2.45) is 5.73 Å². The minimum atomic E-state index is -0.561. The number of halogens is 2. The van der Waals surface area contributed by atoms with E-state index in [0.29, 0.717) is 16.5 Å². The van der Waals surface area contributed by atoms with E-state index < -0.39 is 6.04 Å². The number of nitrogens with zero attached hydrogens (tertiary/aromatic N) is 1. The number of rotatable bonds is 2. The highest BCUT2D eigenvalue weighted by Gasteiger charge is 2.25. The molecule has 1 unspecified atom stereocenters. The van der Waals surface area contributed by atoms with Crippen LogP contribution in [0.2, 0.25) is 0 Å². The van der Waals surface area contributed by atoms with Crippen molar-refractivity contribution >= 4 is 27.5 Å². The molecule has 0 bridgehead atoms. The molecule has 0 aromatic heterocycles. The first-order chi connectivity index (χ1) is 9.99. The Hall–Kier alpha value is -1.72. The van der Waals surface area contributed by atoms with Gasteiger partial charge in [0.15, 0.2) is 0 Å². The Morgan fingerprint density at radius 1 is 1.33 bits per heavy atom. The molecule has 108 valence electrons. The summed E-state index contributed by atoms with van der Waals surface area (Å²) in [6.45, 7) is 0. The fraction of sp³-hybridized carbons (Fsp3) is 0.188. The Morgan fingerprint density at radius 3 is 2.86 bits per heavy atom. The lowest BCUT2D eigenvalue weighted by molar-refractivity contribution is -0.117. The predicted molar refractivity (Wildman–Crippen MR) is 83.7 cm³/mol. The first kappa shape index (κ1) is 14.2. The molecule has 1 amide bonds. The van der Waals surface area contributed by atoms with Crippen LogP contribution in [-0.2, 0) is 11.2 Å². The van der Waals surface area contributed by atoms with Gasteiger partial charge in [-0.05, 0) is 39.2 Å². The summed E-state index contributed by atoms with van der Waals surface area (Å²) in [5.74, 6) is -0.289. The maximum absolute atomic E-state index is 14.1. The van der Waals surface area contributed by atoms with Crippen LogP contribution in [0.3, 0.4) is 0 Å². The Labute approximate surface area is 130 Å². The standard InChI is InChI=1S/C16H14BrFN2O/c1-20-13-6-5-9(7-10(13)8-14(20)21)16(19)11-3-2-4-12(17)15(11)18/h2-7,16H,8,19H2,1H3. The van der Waals surface area contributed by atoms with E-state index in [-0.39, 0.29) is 11.7 Å². The number of hydrogen-bond donors (Lipinski definition) is 1. The number of likely N-dealkylation sites (N-methyl/N-ethyl adjacent to an activating group) is 1. The zero-order chi connectivity index (χ0) is 15.1. The fourth-order valence-electron chi connectivity index (χ4n) is 2.62. The van der Waals surface area contributed by atoms with Gasteiger partial charge < -0.3 is 10.6 Å². The molecule has 2 aromatic rings. The Balaban J connectivity index is 2.00. The maximum Gasteiger partial charge on any atom is 0.231 e. The number of benzene rings is 2. The zero-order valence-electron chi connectivity index (χ0n) is 11.4. The van der Waals surface area contributed by atoms with Crippen LogP contribution in [0.5, 0.6) is 0 Å². The molecule has 0 saturated heterocycles. The van der Waals surface area contributed by atoms with Crippen LogP contribution in [0.15, 0.2) is 40.9 Å². The van der Waals surface area contributed by atoms with Gasteiger partial charge in [0.25, 0.3) is 0 Å². The monoisotopic (exact) mass is 348 g/mol. The second kappa shape index (κ2) is 5.24. The summed E-state index contributed by atoms with van der Waals surface area (Å²) in [5, 5.41) is 0. The average Bonchev–Trinajstić information content (AvgIpc) is 2.76. The molecule has 1 atom stereocenters. The second-order valence-electron chi connectivity index (χ2n) is 5.14. The van der Waals surface area contributed by atoms with E-state index in [9.17, 15) is 9.18 Å². The molecule has 2 aromatic carbocycles. The highest BCUT2D eigenvalue weighted by atomic mass is 79.9. The fourth-order valence-corrected chi connectivity index (χ4v) is 3.01. The van der Waals surface area contributed by atoms with Gasteiger partial charge in [-0.2, -0.15) is 0 Å². The molecular weight excluding hydrogens is 335 g/mol. The smallest absolute Gasteiger partial charge is 0.231 e. The van der Waals surface area contributed by atoms with E-state index in [2.05, 4.69) is 15.9 Å². The van der Waals surface area contributed by atoms with E-state index in [1.807, 2.05) is 18.2 Å². The number of hydrogen-bond acceptors (Lipinski definition) is 2. The highest BCUT2D eigenvalue weighted by Crippen LogP contribution is 2.32. The molecular formula is C16H14BrFN2O. The van der Waals surface area contributed by atoms with E-state index in [1.54, 1.807) is 30.1 Å². The summed E-state index contributed by atoms with van der Waals surface area (Å²) < 4.78 is 14.5. The van der Waals surface area contributed by atoms with E-state index >= 15 is 0 Å². The number of fused-ring (bicyclic) bond motifs is 1. The van der Waals surface area contributed by atoms with Crippen molar-refractivity contribution in [1.82, 2.24) is 0 Å². The van der Waals surface area contributed by atoms with Gasteiger partial charge in [-0.3, -0.25) is 4.79 Å². The van der Waals surface area contributed by atoms with Crippen LogP contribution in [0, 0.1) is 5.82 Å². The zero-order valence-corrected chi connectivity index (χ0v) is 13.0. The number of nitrogens with two attached hydrogens (primary N) is 1. The first-order valence-corrected chi connectivity index (χ1v) is 7.37.